The van der Waals surface area contributed by atoms with Gasteiger partial charge in [0.15, 0.2) is 0 Å². The second-order valence-corrected chi connectivity index (χ2v) is 3.87. The molecule has 0 unspecified atom stereocenters. The maximum Gasteiger partial charge on any atom is 0.322 e. The third-order valence-corrected chi connectivity index (χ3v) is 2.66. The fourth-order valence-electron chi connectivity index (χ4n) is 1.65. The maximum atomic E-state index is 11.8. The molecule has 0 saturated carbocycles. The summed E-state index contributed by atoms with van der Waals surface area (Å²) in [4.78, 5) is 25.2. The Bertz CT molecular complexity index is 463. The van der Waals surface area contributed by atoms with Gasteiger partial charge < -0.3 is 19.5 Å². The van der Waals surface area contributed by atoms with Crippen LogP contribution in [-0.2, 0) is 11.8 Å². The van der Waals surface area contributed by atoms with E-state index in [1.807, 2.05) is 0 Å². The minimum atomic E-state index is -0.253. The second-order valence-electron chi connectivity index (χ2n) is 3.87. The topological polar surface area (TPSA) is 63.6 Å². The number of nitrogens with zero attached hydrogens (tertiary/aromatic N) is 2. The van der Waals surface area contributed by atoms with Gasteiger partial charge >= 0.3 is 6.03 Å². The predicted molar refractivity (Wildman–Crippen MR) is 63.1 cm³/mol. The van der Waals surface area contributed by atoms with Gasteiger partial charge in [0.25, 0.3) is 5.56 Å². The Morgan fingerprint density at radius 2 is 2.12 bits per heavy atom. The highest BCUT2D eigenvalue weighted by Crippen LogP contribution is 2.03. The zero-order valence-electron chi connectivity index (χ0n) is 9.68. The molecule has 1 fully saturated rings. The number of carbonyl (C=O) groups is 1. The van der Waals surface area contributed by atoms with Gasteiger partial charge in [-0.15, -0.1) is 0 Å². The first kappa shape index (κ1) is 11.7. The summed E-state index contributed by atoms with van der Waals surface area (Å²) in [6.45, 7) is 2.19. The van der Waals surface area contributed by atoms with Crippen LogP contribution in [0.2, 0.25) is 0 Å². The number of nitrogens with one attached hydrogen (secondary N) is 1. The number of rotatable bonds is 1. The lowest BCUT2D eigenvalue weighted by Crippen LogP contribution is -2.43. The summed E-state index contributed by atoms with van der Waals surface area (Å²) < 4.78 is 6.58. The highest BCUT2D eigenvalue weighted by molar-refractivity contribution is 5.89. The molecule has 1 aromatic rings. The van der Waals surface area contributed by atoms with E-state index in [4.69, 9.17) is 4.74 Å². The van der Waals surface area contributed by atoms with E-state index in [-0.39, 0.29) is 11.6 Å². The van der Waals surface area contributed by atoms with Crippen molar-refractivity contribution in [1.82, 2.24) is 9.47 Å². The number of aryl methyl sites for hydroxylation is 1. The van der Waals surface area contributed by atoms with E-state index in [9.17, 15) is 9.59 Å². The monoisotopic (exact) mass is 237 g/mol. The van der Waals surface area contributed by atoms with Crippen LogP contribution in [0.4, 0.5) is 10.5 Å². The molecule has 92 valence electrons. The predicted octanol–water partition coefficient (Wildman–Crippen LogP) is 0.249. The first-order valence-electron chi connectivity index (χ1n) is 5.48. The van der Waals surface area contributed by atoms with E-state index in [2.05, 4.69) is 5.32 Å². The van der Waals surface area contributed by atoms with Gasteiger partial charge in [-0.05, 0) is 12.1 Å². The molecule has 6 heteroatoms. The minimum Gasteiger partial charge on any atom is -0.378 e. The Kier molecular flexibility index (Phi) is 3.43. The van der Waals surface area contributed by atoms with Gasteiger partial charge in [0.05, 0.1) is 13.2 Å². The zero-order chi connectivity index (χ0) is 12.3. The van der Waals surface area contributed by atoms with Crippen LogP contribution in [-0.4, -0.2) is 41.8 Å². The Labute approximate surface area is 98.8 Å². The van der Waals surface area contributed by atoms with Crippen LogP contribution >= 0.6 is 0 Å². The number of amides is 2. The summed E-state index contributed by atoms with van der Waals surface area (Å²) in [6, 6.07) is 3.06. The summed E-state index contributed by atoms with van der Waals surface area (Å²) in [5, 5.41) is 2.62. The van der Waals surface area contributed by atoms with Crippen LogP contribution < -0.4 is 10.9 Å². The fraction of sp³-hybridized carbons (Fsp3) is 0.455. The van der Waals surface area contributed by atoms with Crippen molar-refractivity contribution in [1.29, 1.82) is 0 Å². The molecule has 0 aliphatic carbocycles. The summed E-state index contributed by atoms with van der Waals surface area (Å²) >= 11 is 0. The van der Waals surface area contributed by atoms with E-state index >= 15 is 0 Å². The zero-order valence-corrected chi connectivity index (χ0v) is 9.68. The number of hydrogen-bond acceptors (Lipinski definition) is 3. The van der Waals surface area contributed by atoms with Crippen molar-refractivity contribution >= 4 is 11.7 Å². The lowest BCUT2D eigenvalue weighted by molar-refractivity contribution is 0.0564. The standard InChI is InChI=1S/C11H15N3O3/c1-13-4-2-3-9(10(13)15)12-11(16)14-5-7-17-8-6-14/h2-4H,5-8H2,1H3,(H,12,16). The van der Waals surface area contributed by atoms with Crippen molar-refractivity contribution in [2.45, 2.75) is 0 Å². The molecule has 1 aliphatic heterocycles. The van der Waals surface area contributed by atoms with Crippen LogP contribution in [0.25, 0.3) is 0 Å². The SMILES string of the molecule is Cn1cccc(NC(=O)N2CCOCC2)c1=O. The molecule has 0 spiro atoms. The average molecular weight is 237 g/mol. The summed E-state index contributed by atoms with van der Waals surface area (Å²) in [5.74, 6) is 0. The summed E-state index contributed by atoms with van der Waals surface area (Å²) in [7, 11) is 1.65. The van der Waals surface area contributed by atoms with E-state index in [1.165, 1.54) is 4.57 Å². The molecule has 1 saturated heterocycles. The molecule has 17 heavy (non-hydrogen) atoms. The minimum absolute atomic E-state index is 0.214. The highest BCUT2D eigenvalue weighted by Gasteiger charge is 2.17. The molecule has 0 bridgehead atoms. The van der Waals surface area contributed by atoms with Gasteiger partial charge in [0.2, 0.25) is 0 Å². The number of hydrogen-bond donors (Lipinski definition) is 1. The third-order valence-electron chi connectivity index (χ3n) is 2.66. The largest absolute Gasteiger partial charge is 0.378 e. The Morgan fingerprint density at radius 3 is 2.82 bits per heavy atom. The number of pyridine rings is 1. The molecule has 2 amide bonds. The maximum absolute atomic E-state index is 11.8. The first-order valence-corrected chi connectivity index (χ1v) is 5.48. The van der Waals surface area contributed by atoms with Gasteiger partial charge in [-0.2, -0.15) is 0 Å². The summed E-state index contributed by atoms with van der Waals surface area (Å²) in [5.41, 5.74) is 0.0839. The molecular weight excluding hydrogens is 222 g/mol. The molecule has 2 rings (SSSR count). The summed E-state index contributed by atoms with van der Waals surface area (Å²) in [6.07, 6.45) is 1.65. The van der Waals surface area contributed by atoms with Crippen LogP contribution in [0.5, 0.6) is 0 Å². The van der Waals surface area contributed by atoms with E-state index < -0.39 is 0 Å². The highest BCUT2D eigenvalue weighted by atomic mass is 16.5. The average Bonchev–Trinajstić information content (AvgIpc) is 2.36. The van der Waals surface area contributed by atoms with E-state index in [1.54, 1.807) is 30.3 Å². The van der Waals surface area contributed by atoms with Crippen molar-refractivity contribution in [2.24, 2.45) is 7.05 Å². The number of aromatic nitrogens is 1. The van der Waals surface area contributed by atoms with Crippen LogP contribution in [0.1, 0.15) is 0 Å². The normalized spacial score (nSPS) is 15.7. The Balaban J connectivity index is 2.07. The molecule has 0 radical (unpaired) electrons. The molecule has 6 nitrogen and oxygen atoms in total. The lowest BCUT2D eigenvalue weighted by atomic mass is 10.4. The third kappa shape index (κ3) is 2.65. The van der Waals surface area contributed by atoms with Crippen molar-refractivity contribution in [3.8, 4) is 0 Å². The van der Waals surface area contributed by atoms with E-state index in [0.29, 0.717) is 32.0 Å². The van der Waals surface area contributed by atoms with E-state index in [0.717, 1.165) is 0 Å². The first-order chi connectivity index (χ1) is 8.18. The van der Waals surface area contributed by atoms with Crippen molar-refractivity contribution in [2.75, 3.05) is 31.6 Å². The van der Waals surface area contributed by atoms with Gasteiger partial charge in [0.1, 0.15) is 5.69 Å². The fourth-order valence-corrected chi connectivity index (χ4v) is 1.65. The molecule has 2 heterocycles. The quantitative estimate of drug-likeness (QED) is 0.761. The molecule has 0 atom stereocenters. The number of urea groups is 1. The number of anilines is 1. The molecule has 0 aromatic carbocycles. The molecular formula is C11H15N3O3. The molecule has 1 N–H and O–H groups in total. The van der Waals surface area contributed by atoms with Crippen LogP contribution in [0.15, 0.2) is 23.1 Å². The van der Waals surface area contributed by atoms with Crippen LogP contribution in [0.3, 0.4) is 0 Å². The van der Waals surface area contributed by atoms with Gasteiger partial charge in [-0.1, -0.05) is 0 Å². The van der Waals surface area contributed by atoms with Crippen molar-refractivity contribution in [3.05, 3.63) is 28.7 Å². The van der Waals surface area contributed by atoms with Crippen molar-refractivity contribution < 1.29 is 9.53 Å². The molecule has 1 aromatic heterocycles. The van der Waals surface area contributed by atoms with Gasteiger partial charge in [-0.25, -0.2) is 4.79 Å². The van der Waals surface area contributed by atoms with Gasteiger partial charge in [0, 0.05) is 26.3 Å². The molecule has 1 aliphatic rings. The number of ether oxygens (including phenoxy) is 1. The Hall–Kier alpha value is -1.82. The second kappa shape index (κ2) is 5.01. The van der Waals surface area contributed by atoms with Crippen LogP contribution in [0, 0.1) is 0 Å². The Morgan fingerprint density at radius 1 is 1.41 bits per heavy atom. The number of carbonyl (C=O) groups excluding carboxylic acids is 1. The lowest BCUT2D eigenvalue weighted by Gasteiger charge is -2.26. The van der Waals surface area contributed by atoms with Crippen molar-refractivity contribution in [3.63, 3.8) is 0 Å². The van der Waals surface area contributed by atoms with Gasteiger partial charge in [-0.3, -0.25) is 4.79 Å². The number of morpholine rings is 1. The smallest absolute Gasteiger partial charge is 0.322 e.